The Morgan fingerprint density at radius 2 is 1.32 bits per heavy atom. The fourth-order valence-corrected chi connectivity index (χ4v) is 3.47. The minimum Gasteiger partial charge on any atom is -0.497 e. The molecule has 3 rings (SSSR count). The highest BCUT2D eigenvalue weighted by Crippen LogP contribution is 2.29. The number of amides is 1. The van der Waals surface area contributed by atoms with Crippen molar-refractivity contribution >= 4 is 35.2 Å². The molecule has 14 heteroatoms. The predicted octanol–water partition coefficient (Wildman–Crippen LogP) is 3.09. The molecule has 0 spiro atoms. The lowest BCUT2D eigenvalue weighted by molar-refractivity contribution is -0.384. The van der Waals surface area contributed by atoms with Gasteiger partial charge >= 0.3 is 17.9 Å². The molecule has 3 aromatic rings. The summed E-state index contributed by atoms with van der Waals surface area (Å²) in [4.78, 5) is 62.0. The number of non-ortho nitro benzene ring substituents is 1. The Balaban J connectivity index is 2.01. The number of nitro benzene ring substituents is 1. The van der Waals surface area contributed by atoms with E-state index in [4.69, 9.17) is 23.7 Å². The molecule has 0 radical (unpaired) electrons. The molecule has 0 aliphatic heterocycles. The van der Waals surface area contributed by atoms with E-state index >= 15 is 0 Å². The van der Waals surface area contributed by atoms with Gasteiger partial charge in [0, 0.05) is 12.1 Å². The van der Waals surface area contributed by atoms with E-state index < -0.39 is 46.6 Å². The number of esters is 2. The molecule has 0 aliphatic carbocycles. The van der Waals surface area contributed by atoms with E-state index in [0.717, 1.165) is 12.1 Å². The van der Waals surface area contributed by atoms with Crippen LogP contribution in [0.4, 0.5) is 11.4 Å². The smallest absolute Gasteiger partial charge is 0.349 e. The van der Waals surface area contributed by atoms with Gasteiger partial charge in [-0.3, -0.25) is 14.9 Å². The summed E-state index contributed by atoms with van der Waals surface area (Å²) in [5.74, 6) is -4.93. The second-order valence-electron chi connectivity index (χ2n) is 8.08. The van der Waals surface area contributed by atoms with Gasteiger partial charge in [0.1, 0.15) is 17.2 Å². The van der Waals surface area contributed by atoms with E-state index in [0.29, 0.717) is 0 Å². The van der Waals surface area contributed by atoms with Crippen LogP contribution in [0.5, 0.6) is 17.2 Å². The average molecular weight is 568 g/mol. The topological polar surface area (TPSA) is 190 Å². The van der Waals surface area contributed by atoms with Gasteiger partial charge in [-0.2, -0.15) is 0 Å². The molecule has 0 saturated heterocycles. The van der Waals surface area contributed by atoms with Gasteiger partial charge in [-0.25, -0.2) is 14.4 Å². The van der Waals surface area contributed by atoms with Crippen LogP contribution < -0.4 is 19.5 Å². The van der Waals surface area contributed by atoms with Crippen molar-refractivity contribution in [3.8, 4) is 17.2 Å². The number of carboxylic acids is 1. The van der Waals surface area contributed by atoms with Gasteiger partial charge in [-0.1, -0.05) is 12.1 Å². The third kappa shape index (κ3) is 7.47. The number of carboxylic acid groups (broad SMARTS) is 1. The Hall–Kier alpha value is -5.66. The molecule has 0 saturated carbocycles. The zero-order valence-corrected chi connectivity index (χ0v) is 21.9. The summed E-state index contributed by atoms with van der Waals surface area (Å²) in [6, 6.07) is 14.4. The monoisotopic (exact) mass is 568 g/mol. The number of hydrogen-bond acceptors (Lipinski definition) is 11. The first-order valence-corrected chi connectivity index (χ1v) is 11.6. The van der Waals surface area contributed by atoms with Crippen molar-refractivity contribution in [3.05, 3.63) is 88.0 Å². The van der Waals surface area contributed by atoms with Gasteiger partial charge < -0.3 is 34.1 Å². The van der Waals surface area contributed by atoms with Crippen molar-refractivity contribution < 1.29 is 52.9 Å². The number of nitrogens with one attached hydrogen (secondary N) is 1. The highest BCUT2D eigenvalue weighted by Gasteiger charge is 2.41. The summed E-state index contributed by atoms with van der Waals surface area (Å²) in [7, 11) is 3.93. The summed E-state index contributed by atoms with van der Waals surface area (Å²) < 4.78 is 25.6. The van der Waals surface area contributed by atoms with Crippen molar-refractivity contribution in [2.45, 2.75) is 12.2 Å². The van der Waals surface area contributed by atoms with E-state index in [2.05, 4.69) is 5.32 Å². The van der Waals surface area contributed by atoms with Crippen LogP contribution in [0.2, 0.25) is 0 Å². The molecular formula is C27H24N2O12. The number of rotatable bonds is 12. The van der Waals surface area contributed by atoms with Crippen LogP contribution in [0, 0.1) is 10.1 Å². The van der Waals surface area contributed by atoms with Crippen LogP contribution in [0.15, 0.2) is 66.7 Å². The van der Waals surface area contributed by atoms with Gasteiger partial charge in [0.05, 0.1) is 43.1 Å². The Bertz CT molecular complexity index is 1470. The first kappa shape index (κ1) is 29.9. The van der Waals surface area contributed by atoms with E-state index in [1.165, 1.54) is 75.9 Å². The fourth-order valence-electron chi connectivity index (χ4n) is 3.47. The summed E-state index contributed by atoms with van der Waals surface area (Å²) in [5, 5.41) is 23.4. The number of hydrogen-bond donors (Lipinski definition) is 2. The molecule has 0 aliphatic rings. The van der Waals surface area contributed by atoms with Crippen molar-refractivity contribution in [1.29, 1.82) is 0 Å². The highest BCUT2D eigenvalue weighted by molar-refractivity contribution is 6.02. The maximum absolute atomic E-state index is 13.4. The van der Waals surface area contributed by atoms with Gasteiger partial charge in [-0.05, 0) is 42.5 Å². The molecule has 14 nitrogen and oxygen atoms in total. The van der Waals surface area contributed by atoms with Crippen LogP contribution in [0.1, 0.15) is 20.7 Å². The Morgan fingerprint density at radius 1 is 0.780 bits per heavy atom. The summed E-state index contributed by atoms with van der Waals surface area (Å²) in [6.45, 7) is 0. The zero-order chi connectivity index (χ0) is 30.1. The number of benzene rings is 3. The number of aliphatic carboxylic acids is 1. The van der Waals surface area contributed by atoms with Crippen LogP contribution >= 0.6 is 0 Å². The van der Waals surface area contributed by atoms with E-state index in [1.807, 2.05) is 0 Å². The third-order valence-electron chi connectivity index (χ3n) is 5.51. The molecule has 0 aromatic heterocycles. The van der Waals surface area contributed by atoms with Gasteiger partial charge in [0.25, 0.3) is 11.6 Å². The summed E-state index contributed by atoms with van der Waals surface area (Å²) in [5.41, 5.74) is -0.893. The molecule has 214 valence electrons. The number of methoxy groups -OCH3 is 3. The van der Waals surface area contributed by atoms with E-state index in [-0.39, 0.29) is 34.1 Å². The number of nitro groups is 1. The van der Waals surface area contributed by atoms with Crippen molar-refractivity contribution in [2.24, 2.45) is 0 Å². The molecule has 3 aromatic carbocycles. The van der Waals surface area contributed by atoms with Crippen LogP contribution in [-0.2, 0) is 19.1 Å². The van der Waals surface area contributed by atoms with Gasteiger partial charge in [0.15, 0.2) is 0 Å². The van der Waals surface area contributed by atoms with Crippen molar-refractivity contribution in [1.82, 2.24) is 0 Å². The highest BCUT2D eigenvalue weighted by atomic mass is 16.6. The standard InChI is InChI=1S/C27H24N2O12/c1-37-18-8-4-6-15(12-18)26(33)40-22(24(30)28-20-14-17(29(35)36)10-11-21(20)39-3)23(25(31)32)41-27(34)16-7-5-9-19(13-16)38-2/h4-14,22-23H,1-3H3,(H,28,30)(H,31,32)/t22-,23+/m1/s1. The molecular weight excluding hydrogens is 544 g/mol. The fraction of sp³-hybridized carbons (Fsp3) is 0.185. The minimum atomic E-state index is -2.35. The lowest BCUT2D eigenvalue weighted by atomic mass is 10.1. The maximum Gasteiger partial charge on any atom is 0.349 e. The molecule has 0 fully saturated rings. The zero-order valence-electron chi connectivity index (χ0n) is 21.9. The Morgan fingerprint density at radius 3 is 1.78 bits per heavy atom. The minimum absolute atomic E-state index is 0.0259. The molecule has 1 amide bonds. The van der Waals surface area contributed by atoms with E-state index in [9.17, 15) is 34.4 Å². The number of nitrogens with zero attached hydrogens (tertiary/aromatic N) is 1. The normalized spacial score (nSPS) is 11.8. The predicted molar refractivity (Wildman–Crippen MR) is 140 cm³/mol. The number of anilines is 1. The Kier molecular flexibility index (Phi) is 9.78. The lowest BCUT2D eigenvalue weighted by Gasteiger charge is -2.24. The summed E-state index contributed by atoms with van der Waals surface area (Å²) in [6.07, 6.45) is -4.63. The maximum atomic E-state index is 13.4. The van der Waals surface area contributed by atoms with Crippen molar-refractivity contribution in [3.63, 3.8) is 0 Å². The second kappa shape index (κ2) is 13.4. The van der Waals surface area contributed by atoms with Crippen LogP contribution in [0.25, 0.3) is 0 Å². The van der Waals surface area contributed by atoms with Crippen molar-refractivity contribution in [2.75, 3.05) is 26.6 Å². The molecule has 41 heavy (non-hydrogen) atoms. The SMILES string of the molecule is COc1cccc(C(=O)O[C@H](C(=O)O)[C@@H](OC(=O)c2cccc(OC)c2)C(=O)Nc2cc([N+](=O)[O-])ccc2OC)c1. The molecule has 0 unspecified atom stereocenters. The molecule has 0 heterocycles. The third-order valence-corrected chi connectivity index (χ3v) is 5.51. The molecule has 0 bridgehead atoms. The molecule has 2 N–H and O–H groups in total. The van der Waals surface area contributed by atoms with Gasteiger partial charge in [0.2, 0.25) is 12.2 Å². The van der Waals surface area contributed by atoms with Gasteiger partial charge in [-0.15, -0.1) is 0 Å². The van der Waals surface area contributed by atoms with E-state index in [1.54, 1.807) is 0 Å². The molecule has 2 atom stereocenters. The van der Waals surface area contributed by atoms with Crippen LogP contribution in [0.3, 0.4) is 0 Å². The number of carbonyl (C=O) groups is 4. The quantitative estimate of drug-likeness (QED) is 0.185. The summed E-state index contributed by atoms with van der Waals surface area (Å²) >= 11 is 0. The first-order chi connectivity index (χ1) is 19.6. The largest absolute Gasteiger partial charge is 0.497 e. The lowest BCUT2D eigenvalue weighted by Crippen LogP contribution is -2.48. The van der Waals surface area contributed by atoms with Crippen LogP contribution in [-0.4, -0.2) is 67.4 Å². The average Bonchev–Trinajstić information content (AvgIpc) is 2.98. The number of carbonyl (C=O) groups excluding carboxylic acids is 3. The second-order valence-corrected chi connectivity index (χ2v) is 8.08. The number of ether oxygens (including phenoxy) is 5. The Labute approximate surface area is 232 Å². The first-order valence-electron chi connectivity index (χ1n) is 11.6.